The Bertz CT molecular complexity index is 439. The first-order valence-electron chi connectivity index (χ1n) is 10.5. The second kappa shape index (κ2) is 10.2. The van der Waals surface area contributed by atoms with E-state index in [0.29, 0.717) is 30.0 Å². The molecule has 0 radical (unpaired) electrons. The minimum absolute atomic E-state index is 0.255. The van der Waals surface area contributed by atoms with Crippen LogP contribution in [0.3, 0.4) is 0 Å². The molecule has 5 atom stereocenters. The zero-order valence-electron chi connectivity index (χ0n) is 15.8. The SMILES string of the molecule is CCSCC=CC[C@H]1[C@@H](C=CC(O)C2CCCCCC2)[C@H]2CC[C@@H]1O2. The Labute approximate surface area is 158 Å². The molecular weight excluding hydrogens is 328 g/mol. The summed E-state index contributed by atoms with van der Waals surface area (Å²) in [5.41, 5.74) is 0. The fourth-order valence-electron chi connectivity index (χ4n) is 4.95. The second-order valence-corrected chi connectivity index (χ2v) is 9.34. The van der Waals surface area contributed by atoms with E-state index in [9.17, 15) is 5.11 Å². The molecule has 0 aromatic rings. The van der Waals surface area contributed by atoms with Gasteiger partial charge in [-0.3, -0.25) is 0 Å². The maximum absolute atomic E-state index is 10.6. The number of rotatable bonds is 8. The van der Waals surface area contributed by atoms with Gasteiger partial charge in [-0.05, 0) is 49.7 Å². The average Bonchev–Trinajstić information content (AvgIpc) is 3.11. The molecule has 2 saturated heterocycles. The summed E-state index contributed by atoms with van der Waals surface area (Å²) >= 11 is 1.97. The van der Waals surface area contributed by atoms with Gasteiger partial charge in [0, 0.05) is 11.7 Å². The van der Waals surface area contributed by atoms with Crippen molar-refractivity contribution in [1.29, 1.82) is 0 Å². The molecule has 2 bridgehead atoms. The van der Waals surface area contributed by atoms with Crippen LogP contribution in [-0.4, -0.2) is 34.9 Å². The highest BCUT2D eigenvalue weighted by molar-refractivity contribution is 7.99. The van der Waals surface area contributed by atoms with Gasteiger partial charge in [-0.2, -0.15) is 11.8 Å². The summed E-state index contributed by atoms with van der Waals surface area (Å²) in [5.74, 6) is 3.90. The highest BCUT2D eigenvalue weighted by Gasteiger charge is 2.46. The molecule has 2 heterocycles. The summed E-state index contributed by atoms with van der Waals surface area (Å²) in [5, 5.41) is 10.6. The predicted molar refractivity (Wildman–Crippen MR) is 108 cm³/mol. The van der Waals surface area contributed by atoms with Gasteiger partial charge in [0.2, 0.25) is 0 Å². The van der Waals surface area contributed by atoms with E-state index in [4.69, 9.17) is 4.74 Å². The molecule has 3 aliphatic rings. The number of ether oxygens (including phenoxy) is 1. The lowest BCUT2D eigenvalue weighted by Crippen LogP contribution is -2.26. The molecule has 3 fully saturated rings. The van der Waals surface area contributed by atoms with Gasteiger partial charge in [0.1, 0.15) is 0 Å². The van der Waals surface area contributed by atoms with Crippen molar-refractivity contribution in [2.45, 2.75) is 83.0 Å². The van der Waals surface area contributed by atoms with E-state index < -0.39 is 0 Å². The molecule has 0 aromatic carbocycles. The zero-order valence-corrected chi connectivity index (χ0v) is 16.6. The monoisotopic (exact) mass is 364 g/mol. The first kappa shape index (κ1) is 19.5. The molecule has 1 saturated carbocycles. The van der Waals surface area contributed by atoms with E-state index in [0.717, 1.165) is 12.2 Å². The third-order valence-electron chi connectivity index (χ3n) is 6.39. The number of thioether (sulfide) groups is 1. The van der Waals surface area contributed by atoms with Crippen LogP contribution in [0, 0.1) is 17.8 Å². The van der Waals surface area contributed by atoms with Crippen molar-refractivity contribution in [3.63, 3.8) is 0 Å². The van der Waals surface area contributed by atoms with Crippen molar-refractivity contribution in [1.82, 2.24) is 0 Å². The van der Waals surface area contributed by atoms with Crippen LogP contribution in [0.4, 0.5) is 0 Å². The number of hydrogen-bond donors (Lipinski definition) is 1. The summed E-state index contributed by atoms with van der Waals surface area (Å²) in [6.07, 6.45) is 20.9. The standard InChI is InChI=1S/C22H36O2S/c1-2-25-16-8-7-11-18-19(22-15-14-21(18)24-22)12-13-20(23)17-9-5-3-4-6-10-17/h7-8,12-13,17-23H,2-6,9-11,14-16H2,1H3/t18-,19+,20?,21-,22+/m0/s1. The highest BCUT2D eigenvalue weighted by atomic mass is 32.2. The Balaban J connectivity index is 1.54. The average molecular weight is 365 g/mol. The summed E-state index contributed by atoms with van der Waals surface area (Å²) in [4.78, 5) is 0. The fraction of sp³-hybridized carbons (Fsp3) is 0.818. The lowest BCUT2D eigenvalue weighted by molar-refractivity contribution is 0.0898. The van der Waals surface area contributed by atoms with Crippen molar-refractivity contribution in [3.05, 3.63) is 24.3 Å². The summed E-state index contributed by atoms with van der Waals surface area (Å²) in [6, 6.07) is 0. The van der Waals surface area contributed by atoms with Crippen LogP contribution < -0.4 is 0 Å². The van der Waals surface area contributed by atoms with Crippen LogP contribution in [0.2, 0.25) is 0 Å². The van der Waals surface area contributed by atoms with E-state index in [-0.39, 0.29) is 6.10 Å². The Hall–Kier alpha value is -0.250. The molecule has 25 heavy (non-hydrogen) atoms. The van der Waals surface area contributed by atoms with Gasteiger partial charge in [0.15, 0.2) is 0 Å². The third kappa shape index (κ3) is 5.37. The van der Waals surface area contributed by atoms with Gasteiger partial charge in [0.05, 0.1) is 18.3 Å². The molecule has 3 heteroatoms. The van der Waals surface area contributed by atoms with Gasteiger partial charge in [-0.15, -0.1) is 0 Å². The van der Waals surface area contributed by atoms with E-state index >= 15 is 0 Å². The Morgan fingerprint density at radius 1 is 1.04 bits per heavy atom. The third-order valence-corrected chi connectivity index (χ3v) is 7.23. The molecule has 0 spiro atoms. The Morgan fingerprint density at radius 2 is 1.80 bits per heavy atom. The molecule has 1 N–H and O–H groups in total. The van der Waals surface area contributed by atoms with Crippen molar-refractivity contribution < 1.29 is 9.84 Å². The number of aliphatic hydroxyl groups excluding tert-OH is 1. The molecule has 2 nitrogen and oxygen atoms in total. The van der Waals surface area contributed by atoms with Crippen LogP contribution in [-0.2, 0) is 4.74 Å². The van der Waals surface area contributed by atoms with E-state index in [1.54, 1.807) is 0 Å². The second-order valence-electron chi connectivity index (χ2n) is 8.03. The van der Waals surface area contributed by atoms with Crippen molar-refractivity contribution in [2.75, 3.05) is 11.5 Å². The Kier molecular flexibility index (Phi) is 7.94. The molecule has 1 unspecified atom stereocenters. The summed E-state index contributed by atoms with van der Waals surface area (Å²) < 4.78 is 6.20. The largest absolute Gasteiger partial charge is 0.389 e. The smallest absolute Gasteiger partial charge is 0.0749 e. The number of hydrogen-bond acceptors (Lipinski definition) is 3. The Morgan fingerprint density at radius 3 is 2.56 bits per heavy atom. The van der Waals surface area contributed by atoms with Crippen molar-refractivity contribution >= 4 is 11.8 Å². The molecule has 0 amide bonds. The van der Waals surface area contributed by atoms with Gasteiger partial charge in [-0.25, -0.2) is 0 Å². The van der Waals surface area contributed by atoms with Crippen molar-refractivity contribution in [3.8, 4) is 0 Å². The maximum atomic E-state index is 10.6. The topological polar surface area (TPSA) is 29.5 Å². The van der Waals surface area contributed by atoms with Crippen LogP contribution in [0.5, 0.6) is 0 Å². The number of allylic oxidation sites excluding steroid dienone is 1. The van der Waals surface area contributed by atoms with Crippen LogP contribution in [0.25, 0.3) is 0 Å². The van der Waals surface area contributed by atoms with E-state index in [2.05, 4.69) is 31.2 Å². The zero-order chi connectivity index (χ0) is 17.5. The van der Waals surface area contributed by atoms with Crippen LogP contribution in [0.1, 0.15) is 64.7 Å². The maximum Gasteiger partial charge on any atom is 0.0749 e. The van der Waals surface area contributed by atoms with Gasteiger partial charge in [-0.1, -0.05) is 56.9 Å². The first-order valence-corrected chi connectivity index (χ1v) is 11.7. The van der Waals surface area contributed by atoms with E-state index in [1.807, 2.05) is 11.8 Å². The van der Waals surface area contributed by atoms with Gasteiger partial charge >= 0.3 is 0 Å². The van der Waals surface area contributed by atoms with Gasteiger partial charge < -0.3 is 9.84 Å². The lowest BCUT2D eigenvalue weighted by atomic mass is 9.77. The van der Waals surface area contributed by atoms with Crippen LogP contribution in [0.15, 0.2) is 24.3 Å². The van der Waals surface area contributed by atoms with Crippen LogP contribution >= 0.6 is 11.8 Å². The normalized spacial score (nSPS) is 35.0. The molecule has 1 aliphatic carbocycles. The quantitative estimate of drug-likeness (QED) is 0.357. The number of fused-ring (bicyclic) bond motifs is 2. The molecule has 0 aromatic heterocycles. The molecular formula is C22H36O2S. The fourth-order valence-corrected chi connectivity index (χ4v) is 5.45. The molecule has 2 aliphatic heterocycles. The molecule has 3 rings (SSSR count). The summed E-state index contributed by atoms with van der Waals surface area (Å²) in [7, 11) is 0. The highest BCUT2D eigenvalue weighted by Crippen LogP contribution is 2.46. The number of aliphatic hydroxyl groups is 1. The van der Waals surface area contributed by atoms with Crippen molar-refractivity contribution in [2.24, 2.45) is 17.8 Å². The van der Waals surface area contributed by atoms with Gasteiger partial charge in [0.25, 0.3) is 0 Å². The van der Waals surface area contributed by atoms with E-state index in [1.165, 1.54) is 57.1 Å². The first-order chi connectivity index (χ1) is 12.3. The minimum Gasteiger partial charge on any atom is -0.389 e. The predicted octanol–water partition coefficient (Wildman–Crippen LogP) is 5.37. The summed E-state index contributed by atoms with van der Waals surface area (Å²) in [6.45, 7) is 2.21. The minimum atomic E-state index is -0.255. The lowest BCUT2D eigenvalue weighted by Gasteiger charge is -2.25. The molecule has 142 valence electrons.